The largest absolute Gasteiger partial charge is 0.497 e. The minimum absolute atomic E-state index is 0.292. The van der Waals surface area contributed by atoms with E-state index in [9.17, 15) is 9.65 Å². The van der Waals surface area contributed by atoms with Crippen molar-refractivity contribution in [2.75, 3.05) is 44.0 Å². The molecule has 7 heterocycles. The number of nitriles is 1. The third-order valence-electron chi connectivity index (χ3n) is 11.7. The summed E-state index contributed by atoms with van der Waals surface area (Å²) < 4.78 is 35.6. The summed E-state index contributed by atoms with van der Waals surface area (Å²) in [5.74, 6) is 1.51. The lowest BCUT2D eigenvalue weighted by atomic mass is 9.72. The standard InChI is InChI=1S/C38H42FN9O3/c1-49-27-8-11-42-31(16-27)32-15-26-21-46(12-4-14-48(26)45-32)35-29-22-51-38(10-2-5-24-6-7-30(41)28(19-40)34(24)38)18-33(29)43-36(44-35)50-23-37-9-3-13-47(37)20-25(39)17-37/h6-8,11,15-16,25H,2-5,9-10,12-14,17-18,20-23,41H2,1H3/t25-,37+,38+/m1/s1. The molecule has 51 heavy (non-hydrogen) atoms. The van der Waals surface area contributed by atoms with E-state index in [1.807, 2.05) is 24.3 Å². The number of hydrogen-bond donors (Lipinski definition) is 1. The third kappa shape index (κ3) is 5.47. The summed E-state index contributed by atoms with van der Waals surface area (Å²) in [7, 11) is 1.64. The maximum atomic E-state index is 14.7. The number of benzene rings is 1. The van der Waals surface area contributed by atoms with Gasteiger partial charge in [0.1, 0.15) is 41.7 Å². The number of halogens is 1. The first-order valence-corrected chi connectivity index (χ1v) is 18.1. The minimum atomic E-state index is -0.849. The number of nitrogens with zero attached hydrogens (tertiary/aromatic N) is 8. The molecular weight excluding hydrogens is 649 g/mol. The number of nitrogens with two attached hydrogens (primary N) is 1. The molecular formula is C38H42FN9O3. The molecule has 1 aromatic carbocycles. The van der Waals surface area contributed by atoms with E-state index in [0.717, 1.165) is 109 Å². The summed E-state index contributed by atoms with van der Waals surface area (Å²) in [6, 6.07) is 12.4. The van der Waals surface area contributed by atoms with Crippen LogP contribution in [-0.2, 0) is 42.9 Å². The Labute approximate surface area is 296 Å². The second-order valence-electron chi connectivity index (χ2n) is 14.7. The van der Waals surface area contributed by atoms with E-state index in [0.29, 0.717) is 56.4 Å². The average molecular weight is 692 g/mol. The molecule has 0 bridgehead atoms. The molecule has 2 N–H and O–H groups in total. The van der Waals surface area contributed by atoms with Gasteiger partial charge in [0, 0.05) is 61.6 Å². The molecule has 9 rings (SSSR count). The van der Waals surface area contributed by atoms with Crippen LogP contribution in [0.25, 0.3) is 11.4 Å². The van der Waals surface area contributed by atoms with Crippen molar-refractivity contribution in [2.24, 2.45) is 0 Å². The van der Waals surface area contributed by atoms with Gasteiger partial charge in [-0.15, -0.1) is 0 Å². The van der Waals surface area contributed by atoms with Crippen molar-refractivity contribution in [1.82, 2.24) is 29.6 Å². The predicted octanol–water partition coefficient (Wildman–Crippen LogP) is 4.87. The quantitative estimate of drug-likeness (QED) is 0.277. The van der Waals surface area contributed by atoms with E-state index in [4.69, 9.17) is 35.0 Å². The molecule has 0 unspecified atom stereocenters. The van der Waals surface area contributed by atoms with Gasteiger partial charge in [0.05, 0.1) is 48.4 Å². The van der Waals surface area contributed by atoms with Gasteiger partial charge in [-0.05, 0) is 68.8 Å². The molecule has 4 aromatic rings. The van der Waals surface area contributed by atoms with Crippen molar-refractivity contribution in [2.45, 2.75) is 88.4 Å². The number of nitrogen functional groups attached to an aromatic ring is 1. The number of anilines is 2. The maximum Gasteiger partial charge on any atom is 0.318 e. The number of methoxy groups -OCH3 is 1. The average Bonchev–Trinajstić information content (AvgIpc) is 3.77. The van der Waals surface area contributed by atoms with E-state index in [1.165, 1.54) is 0 Å². The molecule has 13 heteroatoms. The van der Waals surface area contributed by atoms with Crippen molar-refractivity contribution in [3.63, 3.8) is 0 Å². The molecule has 264 valence electrons. The molecule has 0 saturated carbocycles. The van der Waals surface area contributed by atoms with E-state index >= 15 is 0 Å². The highest BCUT2D eigenvalue weighted by atomic mass is 19.1. The summed E-state index contributed by atoms with van der Waals surface area (Å²) in [6.07, 6.45) is 7.17. The molecule has 3 aromatic heterocycles. The van der Waals surface area contributed by atoms with Crippen LogP contribution in [0.2, 0.25) is 0 Å². The summed E-state index contributed by atoms with van der Waals surface area (Å²) in [5.41, 5.74) is 12.6. The SMILES string of the molecule is COc1ccnc(-c2cc3n(n2)CCCN(c2nc(OC[C@@]45CCCN4C[C@H](F)C5)nc4c2CO[C@@]2(CCCc5ccc(N)c(C#N)c52)C4)C3)c1. The number of hydrogen-bond acceptors (Lipinski definition) is 11. The van der Waals surface area contributed by atoms with Crippen molar-refractivity contribution >= 4 is 11.5 Å². The van der Waals surface area contributed by atoms with E-state index in [-0.39, 0.29) is 5.54 Å². The molecule has 3 atom stereocenters. The lowest BCUT2D eigenvalue weighted by Crippen LogP contribution is -2.44. The second-order valence-corrected chi connectivity index (χ2v) is 14.7. The summed E-state index contributed by atoms with van der Waals surface area (Å²) >= 11 is 0. The summed E-state index contributed by atoms with van der Waals surface area (Å²) in [4.78, 5) is 19.3. The second kappa shape index (κ2) is 12.5. The van der Waals surface area contributed by atoms with Gasteiger partial charge in [0.2, 0.25) is 0 Å². The Kier molecular flexibility index (Phi) is 7.85. The van der Waals surface area contributed by atoms with Crippen LogP contribution < -0.4 is 20.1 Å². The number of ether oxygens (including phenoxy) is 3. The number of aryl methyl sites for hydroxylation is 2. The fourth-order valence-electron chi connectivity index (χ4n) is 9.26. The Balaban J connectivity index is 1.09. The first-order valence-electron chi connectivity index (χ1n) is 18.1. The lowest BCUT2D eigenvalue weighted by molar-refractivity contribution is -0.0857. The third-order valence-corrected chi connectivity index (χ3v) is 11.7. The normalized spacial score (nSPS) is 25.4. The highest BCUT2D eigenvalue weighted by molar-refractivity contribution is 5.64. The van der Waals surface area contributed by atoms with Crippen LogP contribution in [0.4, 0.5) is 15.9 Å². The van der Waals surface area contributed by atoms with Crippen LogP contribution >= 0.6 is 0 Å². The monoisotopic (exact) mass is 691 g/mol. The Hall–Kier alpha value is -4.80. The van der Waals surface area contributed by atoms with Crippen molar-refractivity contribution in [3.8, 4) is 29.2 Å². The Morgan fingerprint density at radius 1 is 1.10 bits per heavy atom. The van der Waals surface area contributed by atoms with Crippen LogP contribution in [0.1, 0.15) is 72.2 Å². The fraction of sp³-hybridized carbons (Fsp3) is 0.500. The fourth-order valence-corrected chi connectivity index (χ4v) is 9.26. The maximum absolute atomic E-state index is 14.7. The molecule has 1 aliphatic carbocycles. The lowest BCUT2D eigenvalue weighted by Gasteiger charge is -2.43. The van der Waals surface area contributed by atoms with Crippen LogP contribution in [0.5, 0.6) is 11.8 Å². The number of rotatable bonds is 6. The first kappa shape index (κ1) is 32.1. The topological polar surface area (TPSA) is 140 Å². The van der Waals surface area contributed by atoms with E-state index in [1.54, 1.807) is 13.3 Å². The minimum Gasteiger partial charge on any atom is -0.497 e. The Morgan fingerprint density at radius 3 is 2.90 bits per heavy atom. The zero-order valence-corrected chi connectivity index (χ0v) is 28.9. The molecule has 0 amide bonds. The van der Waals surface area contributed by atoms with E-state index < -0.39 is 11.8 Å². The summed E-state index contributed by atoms with van der Waals surface area (Å²) in [5, 5.41) is 15.1. The van der Waals surface area contributed by atoms with Gasteiger partial charge in [-0.2, -0.15) is 20.3 Å². The zero-order chi connectivity index (χ0) is 34.7. The van der Waals surface area contributed by atoms with E-state index in [2.05, 4.69) is 31.6 Å². The smallest absolute Gasteiger partial charge is 0.318 e. The van der Waals surface area contributed by atoms with Gasteiger partial charge >= 0.3 is 6.01 Å². The number of fused-ring (bicyclic) bond motifs is 5. The van der Waals surface area contributed by atoms with Gasteiger partial charge in [-0.25, -0.2) is 4.39 Å². The Bertz CT molecular complexity index is 2050. The molecule has 5 aliphatic rings. The number of aromatic nitrogens is 5. The van der Waals surface area contributed by atoms with Crippen molar-refractivity contribution in [3.05, 3.63) is 70.2 Å². The Morgan fingerprint density at radius 2 is 2.02 bits per heavy atom. The van der Waals surface area contributed by atoms with Gasteiger partial charge in [0.15, 0.2) is 0 Å². The molecule has 0 radical (unpaired) electrons. The zero-order valence-electron chi connectivity index (χ0n) is 28.9. The molecule has 1 spiro atoms. The molecule has 4 aliphatic heterocycles. The highest BCUT2D eigenvalue weighted by Gasteiger charge is 2.50. The first-order chi connectivity index (χ1) is 24.9. The predicted molar refractivity (Wildman–Crippen MR) is 187 cm³/mol. The van der Waals surface area contributed by atoms with Gasteiger partial charge < -0.3 is 24.8 Å². The van der Waals surface area contributed by atoms with Crippen LogP contribution in [0.15, 0.2) is 36.5 Å². The van der Waals surface area contributed by atoms with Crippen LogP contribution in [-0.4, -0.2) is 74.7 Å². The van der Waals surface area contributed by atoms with Gasteiger partial charge in [-0.1, -0.05) is 6.07 Å². The highest BCUT2D eigenvalue weighted by Crippen LogP contribution is 2.48. The number of pyridine rings is 1. The summed E-state index contributed by atoms with van der Waals surface area (Å²) in [6.45, 7) is 4.06. The van der Waals surface area contributed by atoms with Gasteiger partial charge in [0.25, 0.3) is 0 Å². The van der Waals surface area contributed by atoms with Gasteiger partial charge in [-0.3, -0.25) is 14.6 Å². The molecule has 12 nitrogen and oxygen atoms in total. The van der Waals surface area contributed by atoms with Crippen molar-refractivity contribution < 1.29 is 18.6 Å². The van der Waals surface area contributed by atoms with Crippen LogP contribution in [0, 0.1) is 11.3 Å². The molecule has 2 saturated heterocycles. The molecule has 2 fully saturated rings. The van der Waals surface area contributed by atoms with Crippen LogP contribution in [0.3, 0.4) is 0 Å². The van der Waals surface area contributed by atoms with Crippen molar-refractivity contribution in [1.29, 1.82) is 5.26 Å². The number of alkyl halides is 1.